The third-order valence-corrected chi connectivity index (χ3v) is 5.39. The molecule has 2 amide bonds. The van der Waals surface area contributed by atoms with Crippen LogP contribution >= 0.6 is 0 Å². The lowest BCUT2D eigenvalue weighted by Crippen LogP contribution is -2.50. The fourth-order valence-corrected chi connectivity index (χ4v) is 3.95. The lowest BCUT2D eigenvalue weighted by Gasteiger charge is -2.38. The van der Waals surface area contributed by atoms with Crippen LogP contribution in [0, 0.1) is 0 Å². The molecule has 132 valence electrons. The summed E-state index contributed by atoms with van der Waals surface area (Å²) in [5.74, 6) is 0. The first-order valence-corrected chi connectivity index (χ1v) is 9.00. The number of fused-ring (bicyclic) bond motifs is 1. The van der Waals surface area contributed by atoms with E-state index in [9.17, 15) is 9.90 Å². The summed E-state index contributed by atoms with van der Waals surface area (Å²) in [6, 6.07) is 8.72. The number of carbonyl (C=O) groups is 1. The quantitative estimate of drug-likeness (QED) is 0.890. The summed E-state index contributed by atoms with van der Waals surface area (Å²) in [7, 11) is 3.59. The van der Waals surface area contributed by atoms with Crippen molar-refractivity contribution in [3.8, 4) is 0 Å². The molecule has 0 aromatic heterocycles. The van der Waals surface area contributed by atoms with E-state index in [0.717, 1.165) is 50.8 Å². The molecule has 5 heteroatoms. The highest BCUT2D eigenvalue weighted by atomic mass is 16.3. The molecule has 2 N–H and O–H groups in total. The summed E-state index contributed by atoms with van der Waals surface area (Å²) < 4.78 is 0. The van der Waals surface area contributed by atoms with Crippen LogP contribution in [0.25, 0.3) is 0 Å². The fraction of sp³-hybridized carbons (Fsp3) is 0.632. The molecule has 2 aliphatic rings. The van der Waals surface area contributed by atoms with Crippen LogP contribution in [-0.4, -0.2) is 60.7 Å². The molecule has 1 aliphatic heterocycles. The number of nitrogens with one attached hydrogen (secondary N) is 1. The Kier molecular flexibility index (Phi) is 5.11. The van der Waals surface area contributed by atoms with E-state index in [0.29, 0.717) is 12.6 Å². The number of amides is 2. The molecule has 0 bridgehead atoms. The predicted molar refractivity (Wildman–Crippen MR) is 95.0 cm³/mol. The van der Waals surface area contributed by atoms with Crippen LogP contribution in [0.5, 0.6) is 0 Å². The molecule has 1 heterocycles. The summed E-state index contributed by atoms with van der Waals surface area (Å²) in [6.45, 7) is 2.16. The van der Waals surface area contributed by atoms with Crippen molar-refractivity contribution in [2.75, 3.05) is 33.7 Å². The lowest BCUT2D eigenvalue weighted by molar-refractivity contribution is 0.0146. The second-order valence-electron chi connectivity index (χ2n) is 7.36. The second kappa shape index (κ2) is 7.11. The van der Waals surface area contributed by atoms with Gasteiger partial charge >= 0.3 is 6.03 Å². The van der Waals surface area contributed by atoms with E-state index < -0.39 is 5.60 Å². The van der Waals surface area contributed by atoms with Crippen LogP contribution in [0.3, 0.4) is 0 Å². The summed E-state index contributed by atoms with van der Waals surface area (Å²) >= 11 is 0. The van der Waals surface area contributed by atoms with Gasteiger partial charge < -0.3 is 20.2 Å². The number of carbonyl (C=O) groups excluding carboxylic acids is 1. The molecule has 3 rings (SSSR count). The van der Waals surface area contributed by atoms with Crippen molar-refractivity contribution in [3.63, 3.8) is 0 Å². The largest absolute Gasteiger partial charge is 0.384 e. The van der Waals surface area contributed by atoms with Gasteiger partial charge in [0, 0.05) is 39.8 Å². The molecule has 0 spiro atoms. The number of urea groups is 1. The fourth-order valence-electron chi connectivity index (χ4n) is 3.95. The maximum absolute atomic E-state index is 12.0. The SMILES string of the molecule is CN(C)C(=O)N1CCC(NC[C@@]2(O)CCCc3ccccc32)CC1. The Morgan fingerprint density at radius 1 is 1.33 bits per heavy atom. The van der Waals surface area contributed by atoms with E-state index in [1.54, 1.807) is 19.0 Å². The molecule has 1 fully saturated rings. The van der Waals surface area contributed by atoms with Crippen LogP contribution in [0.2, 0.25) is 0 Å². The minimum Gasteiger partial charge on any atom is -0.384 e. The minimum absolute atomic E-state index is 0.0910. The van der Waals surface area contributed by atoms with Gasteiger partial charge in [-0.1, -0.05) is 24.3 Å². The molecule has 0 saturated carbocycles. The Labute approximate surface area is 144 Å². The highest BCUT2D eigenvalue weighted by molar-refractivity contribution is 5.73. The zero-order chi connectivity index (χ0) is 17.2. The Balaban J connectivity index is 1.55. The van der Waals surface area contributed by atoms with Crippen molar-refractivity contribution < 1.29 is 9.90 Å². The van der Waals surface area contributed by atoms with E-state index in [1.807, 2.05) is 11.0 Å². The van der Waals surface area contributed by atoms with Gasteiger partial charge in [0.2, 0.25) is 0 Å². The van der Waals surface area contributed by atoms with Gasteiger partial charge in [-0.15, -0.1) is 0 Å². The Hall–Kier alpha value is -1.59. The molecular weight excluding hydrogens is 302 g/mol. The van der Waals surface area contributed by atoms with Crippen molar-refractivity contribution >= 4 is 6.03 Å². The van der Waals surface area contributed by atoms with Gasteiger partial charge in [0.15, 0.2) is 0 Å². The van der Waals surface area contributed by atoms with Crippen LogP contribution in [0.4, 0.5) is 4.79 Å². The molecule has 1 aliphatic carbocycles. The van der Waals surface area contributed by atoms with Crippen LogP contribution in [-0.2, 0) is 12.0 Å². The highest BCUT2D eigenvalue weighted by Crippen LogP contribution is 2.34. The van der Waals surface area contributed by atoms with Crippen molar-refractivity contribution in [3.05, 3.63) is 35.4 Å². The van der Waals surface area contributed by atoms with Gasteiger partial charge in [-0.25, -0.2) is 4.79 Å². The van der Waals surface area contributed by atoms with Crippen molar-refractivity contribution in [1.82, 2.24) is 15.1 Å². The van der Waals surface area contributed by atoms with E-state index in [-0.39, 0.29) is 6.03 Å². The van der Waals surface area contributed by atoms with E-state index in [2.05, 4.69) is 23.5 Å². The van der Waals surface area contributed by atoms with E-state index in [4.69, 9.17) is 0 Å². The van der Waals surface area contributed by atoms with E-state index in [1.165, 1.54) is 5.56 Å². The number of aliphatic hydroxyl groups is 1. The Morgan fingerprint density at radius 3 is 2.75 bits per heavy atom. The number of rotatable bonds is 3. The minimum atomic E-state index is -0.758. The van der Waals surface area contributed by atoms with Crippen LogP contribution in [0.1, 0.15) is 36.8 Å². The van der Waals surface area contributed by atoms with Crippen molar-refractivity contribution in [2.24, 2.45) is 0 Å². The highest BCUT2D eigenvalue weighted by Gasteiger charge is 2.35. The van der Waals surface area contributed by atoms with Gasteiger partial charge in [0.1, 0.15) is 5.60 Å². The predicted octanol–water partition coefficient (Wildman–Crippen LogP) is 1.95. The number of hydrogen-bond donors (Lipinski definition) is 2. The number of benzene rings is 1. The normalized spacial score (nSPS) is 24.5. The zero-order valence-corrected chi connectivity index (χ0v) is 14.8. The van der Waals surface area contributed by atoms with Gasteiger partial charge in [-0.3, -0.25) is 0 Å². The molecule has 1 aromatic carbocycles. The van der Waals surface area contributed by atoms with Gasteiger partial charge in [0.05, 0.1) is 0 Å². The molecule has 1 saturated heterocycles. The zero-order valence-electron chi connectivity index (χ0n) is 14.8. The number of nitrogens with zero attached hydrogens (tertiary/aromatic N) is 2. The number of piperidine rings is 1. The summed E-state index contributed by atoms with van der Waals surface area (Å²) in [5, 5.41) is 14.7. The Bertz CT molecular complexity index is 582. The van der Waals surface area contributed by atoms with Gasteiger partial charge in [-0.05, 0) is 43.2 Å². The smallest absolute Gasteiger partial charge is 0.319 e. The maximum Gasteiger partial charge on any atom is 0.319 e. The number of hydrogen-bond acceptors (Lipinski definition) is 3. The first-order valence-electron chi connectivity index (χ1n) is 9.00. The molecular formula is C19H29N3O2. The second-order valence-corrected chi connectivity index (χ2v) is 7.36. The Morgan fingerprint density at radius 2 is 2.04 bits per heavy atom. The van der Waals surface area contributed by atoms with E-state index >= 15 is 0 Å². The monoisotopic (exact) mass is 331 g/mol. The standard InChI is InChI=1S/C19H29N3O2/c1-21(2)18(23)22-12-9-16(10-13-22)20-14-19(24)11-5-7-15-6-3-4-8-17(15)19/h3-4,6,8,16,20,24H,5,7,9-14H2,1-2H3/t19-/m0/s1. The van der Waals surface area contributed by atoms with Crippen LogP contribution < -0.4 is 5.32 Å². The third kappa shape index (κ3) is 3.57. The summed E-state index contributed by atoms with van der Waals surface area (Å²) in [4.78, 5) is 15.5. The lowest BCUT2D eigenvalue weighted by atomic mass is 9.79. The molecule has 5 nitrogen and oxygen atoms in total. The molecule has 24 heavy (non-hydrogen) atoms. The van der Waals surface area contributed by atoms with Crippen molar-refractivity contribution in [1.29, 1.82) is 0 Å². The average molecular weight is 331 g/mol. The van der Waals surface area contributed by atoms with Gasteiger partial charge in [-0.2, -0.15) is 0 Å². The molecule has 0 radical (unpaired) electrons. The topological polar surface area (TPSA) is 55.8 Å². The number of aryl methyl sites for hydroxylation is 1. The summed E-state index contributed by atoms with van der Waals surface area (Å²) in [6.07, 6.45) is 4.79. The summed E-state index contributed by atoms with van der Waals surface area (Å²) in [5.41, 5.74) is 1.61. The van der Waals surface area contributed by atoms with Crippen LogP contribution in [0.15, 0.2) is 24.3 Å². The molecule has 0 unspecified atom stereocenters. The first kappa shape index (κ1) is 17.2. The molecule has 1 atom stereocenters. The first-order chi connectivity index (χ1) is 11.5. The third-order valence-electron chi connectivity index (χ3n) is 5.39. The van der Waals surface area contributed by atoms with Crippen molar-refractivity contribution in [2.45, 2.75) is 43.7 Å². The maximum atomic E-state index is 12.0. The van der Waals surface area contributed by atoms with Gasteiger partial charge in [0.25, 0.3) is 0 Å². The molecule has 1 aromatic rings. The average Bonchev–Trinajstić information content (AvgIpc) is 2.60. The number of likely N-dealkylation sites (tertiary alicyclic amines) is 1.